The minimum Gasteiger partial charge on any atom is -0.379 e. The van der Waals surface area contributed by atoms with E-state index in [0.29, 0.717) is 0 Å². The molecule has 114 valence electrons. The highest BCUT2D eigenvalue weighted by molar-refractivity contribution is 5.88. The summed E-state index contributed by atoms with van der Waals surface area (Å²) < 4.78 is 5.41. The first-order valence-corrected chi connectivity index (χ1v) is 8.03. The van der Waals surface area contributed by atoms with Crippen LogP contribution in [0.2, 0.25) is 0 Å². The normalized spacial score (nSPS) is 16.7. The van der Waals surface area contributed by atoms with Gasteiger partial charge in [0.05, 0.1) is 13.2 Å². The standard InChI is InChI=1S/C18H26N2O/c1-13-11-14(2)18-16(15(3)19-17(18)12-13)5-4-6-20-7-9-21-10-8-20/h11-12,19H,4-10H2,1-3H3. The number of aromatic nitrogens is 1. The van der Waals surface area contributed by atoms with E-state index in [1.165, 1.54) is 46.3 Å². The Labute approximate surface area is 127 Å². The Bertz CT molecular complexity index is 624. The second kappa shape index (κ2) is 6.20. The van der Waals surface area contributed by atoms with Crippen molar-refractivity contribution in [3.05, 3.63) is 34.5 Å². The summed E-state index contributed by atoms with van der Waals surface area (Å²) in [5.74, 6) is 0. The number of aryl methyl sites for hydroxylation is 4. The van der Waals surface area contributed by atoms with E-state index >= 15 is 0 Å². The monoisotopic (exact) mass is 286 g/mol. The summed E-state index contributed by atoms with van der Waals surface area (Å²) in [6, 6.07) is 4.56. The summed E-state index contributed by atoms with van der Waals surface area (Å²) in [7, 11) is 0. The number of fused-ring (bicyclic) bond motifs is 1. The Morgan fingerprint density at radius 3 is 2.67 bits per heavy atom. The first kappa shape index (κ1) is 14.6. The number of H-pyrrole nitrogens is 1. The fourth-order valence-electron chi connectivity index (χ4n) is 3.55. The molecule has 1 N–H and O–H groups in total. The molecule has 1 saturated heterocycles. The molecule has 0 atom stereocenters. The van der Waals surface area contributed by atoms with E-state index in [9.17, 15) is 0 Å². The minimum absolute atomic E-state index is 0.893. The summed E-state index contributed by atoms with van der Waals surface area (Å²) in [6.45, 7) is 11.7. The topological polar surface area (TPSA) is 28.3 Å². The molecule has 2 aromatic rings. The van der Waals surface area contributed by atoms with Gasteiger partial charge in [-0.25, -0.2) is 0 Å². The van der Waals surface area contributed by atoms with Crippen LogP contribution in [0.5, 0.6) is 0 Å². The van der Waals surface area contributed by atoms with Gasteiger partial charge in [0.1, 0.15) is 0 Å². The lowest BCUT2D eigenvalue weighted by atomic mass is 10.0. The third kappa shape index (κ3) is 3.14. The number of morpholine rings is 1. The molecule has 3 rings (SSSR count). The van der Waals surface area contributed by atoms with Crippen LogP contribution in [-0.4, -0.2) is 42.7 Å². The maximum atomic E-state index is 5.41. The summed E-state index contributed by atoms with van der Waals surface area (Å²) in [4.78, 5) is 6.08. The molecular weight excluding hydrogens is 260 g/mol. The molecule has 1 aromatic carbocycles. The lowest BCUT2D eigenvalue weighted by molar-refractivity contribution is 0.0375. The van der Waals surface area contributed by atoms with E-state index in [1.54, 1.807) is 0 Å². The number of rotatable bonds is 4. The highest BCUT2D eigenvalue weighted by Crippen LogP contribution is 2.27. The van der Waals surface area contributed by atoms with Gasteiger partial charge in [-0.15, -0.1) is 0 Å². The van der Waals surface area contributed by atoms with E-state index in [-0.39, 0.29) is 0 Å². The Kier molecular flexibility index (Phi) is 4.32. The van der Waals surface area contributed by atoms with Crippen LogP contribution in [0.15, 0.2) is 12.1 Å². The molecule has 3 nitrogen and oxygen atoms in total. The Hall–Kier alpha value is -1.32. The van der Waals surface area contributed by atoms with Crippen molar-refractivity contribution < 1.29 is 4.74 Å². The van der Waals surface area contributed by atoms with Gasteiger partial charge in [0.2, 0.25) is 0 Å². The van der Waals surface area contributed by atoms with Crippen LogP contribution in [0.1, 0.15) is 28.8 Å². The van der Waals surface area contributed by atoms with Crippen LogP contribution in [0.25, 0.3) is 10.9 Å². The molecule has 3 heteroatoms. The van der Waals surface area contributed by atoms with Gasteiger partial charge in [0.15, 0.2) is 0 Å². The first-order chi connectivity index (χ1) is 10.1. The molecule has 0 saturated carbocycles. The van der Waals surface area contributed by atoms with Crippen molar-refractivity contribution in [1.82, 2.24) is 9.88 Å². The highest BCUT2D eigenvalue weighted by Gasteiger charge is 2.13. The number of hydrogen-bond acceptors (Lipinski definition) is 2. The van der Waals surface area contributed by atoms with Gasteiger partial charge in [-0.3, -0.25) is 4.90 Å². The molecule has 1 aromatic heterocycles. The molecule has 21 heavy (non-hydrogen) atoms. The molecule has 1 aliphatic heterocycles. The van der Waals surface area contributed by atoms with E-state index in [2.05, 4.69) is 42.8 Å². The second-order valence-electron chi connectivity index (χ2n) is 6.29. The summed E-state index contributed by atoms with van der Waals surface area (Å²) in [6.07, 6.45) is 2.38. The van der Waals surface area contributed by atoms with Crippen molar-refractivity contribution in [3.8, 4) is 0 Å². The van der Waals surface area contributed by atoms with Crippen LogP contribution >= 0.6 is 0 Å². The van der Waals surface area contributed by atoms with Gasteiger partial charge < -0.3 is 9.72 Å². The number of nitrogens with one attached hydrogen (secondary N) is 1. The van der Waals surface area contributed by atoms with Gasteiger partial charge in [-0.1, -0.05) is 6.07 Å². The number of hydrogen-bond donors (Lipinski definition) is 1. The summed E-state index contributed by atoms with van der Waals surface area (Å²) in [5.41, 5.74) is 6.87. The predicted octanol–water partition coefficient (Wildman–Crippen LogP) is 3.36. The van der Waals surface area contributed by atoms with Crippen LogP contribution in [0.4, 0.5) is 0 Å². The molecule has 0 aliphatic carbocycles. The van der Waals surface area contributed by atoms with Crippen LogP contribution in [0, 0.1) is 20.8 Å². The number of ether oxygens (including phenoxy) is 1. The fourth-order valence-corrected chi connectivity index (χ4v) is 3.55. The van der Waals surface area contributed by atoms with Gasteiger partial charge in [-0.05, 0) is 62.9 Å². The number of aromatic amines is 1. The Morgan fingerprint density at radius 1 is 1.14 bits per heavy atom. The SMILES string of the molecule is Cc1cc(C)c2c(CCCN3CCOCC3)c(C)[nH]c2c1. The zero-order valence-electron chi connectivity index (χ0n) is 13.5. The van der Waals surface area contributed by atoms with E-state index < -0.39 is 0 Å². The molecule has 0 radical (unpaired) electrons. The van der Waals surface area contributed by atoms with Crippen LogP contribution < -0.4 is 0 Å². The average Bonchev–Trinajstić information content (AvgIpc) is 2.76. The molecule has 2 heterocycles. The van der Waals surface area contributed by atoms with E-state index in [0.717, 1.165) is 32.7 Å². The van der Waals surface area contributed by atoms with E-state index in [1.807, 2.05) is 0 Å². The van der Waals surface area contributed by atoms with Crippen LogP contribution in [-0.2, 0) is 11.2 Å². The Morgan fingerprint density at radius 2 is 1.90 bits per heavy atom. The minimum atomic E-state index is 0.893. The molecule has 0 amide bonds. The fraction of sp³-hybridized carbons (Fsp3) is 0.556. The highest BCUT2D eigenvalue weighted by atomic mass is 16.5. The lowest BCUT2D eigenvalue weighted by Crippen LogP contribution is -2.36. The van der Waals surface area contributed by atoms with Gasteiger partial charge in [0, 0.05) is 29.7 Å². The van der Waals surface area contributed by atoms with Crippen molar-refractivity contribution in [3.63, 3.8) is 0 Å². The zero-order chi connectivity index (χ0) is 14.8. The van der Waals surface area contributed by atoms with Gasteiger partial charge in [0.25, 0.3) is 0 Å². The predicted molar refractivity (Wildman–Crippen MR) is 88.1 cm³/mol. The third-order valence-electron chi connectivity index (χ3n) is 4.56. The Balaban J connectivity index is 1.72. The summed E-state index contributed by atoms with van der Waals surface area (Å²) in [5, 5.41) is 1.44. The zero-order valence-corrected chi connectivity index (χ0v) is 13.5. The quantitative estimate of drug-likeness (QED) is 0.933. The van der Waals surface area contributed by atoms with Gasteiger partial charge in [-0.2, -0.15) is 0 Å². The van der Waals surface area contributed by atoms with Crippen LogP contribution in [0.3, 0.4) is 0 Å². The maximum Gasteiger partial charge on any atom is 0.0594 e. The first-order valence-electron chi connectivity index (χ1n) is 8.03. The van der Waals surface area contributed by atoms with Crippen molar-refractivity contribution in [2.75, 3.05) is 32.8 Å². The van der Waals surface area contributed by atoms with E-state index in [4.69, 9.17) is 4.74 Å². The van der Waals surface area contributed by atoms with Crippen molar-refractivity contribution in [2.24, 2.45) is 0 Å². The third-order valence-corrected chi connectivity index (χ3v) is 4.56. The average molecular weight is 286 g/mol. The second-order valence-corrected chi connectivity index (χ2v) is 6.29. The molecule has 0 unspecified atom stereocenters. The van der Waals surface area contributed by atoms with Crippen molar-refractivity contribution in [1.29, 1.82) is 0 Å². The van der Waals surface area contributed by atoms with Gasteiger partial charge >= 0.3 is 0 Å². The largest absolute Gasteiger partial charge is 0.379 e. The molecular formula is C18H26N2O. The summed E-state index contributed by atoms with van der Waals surface area (Å²) >= 11 is 0. The molecule has 0 bridgehead atoms. The molecule has 1 fully saturated rings. The molecule has 0 spiro atoms. The number of nitrogens with zero attached hydrogens (tertiary/aromatic N) is 1. The maximum absolute atomic E-state index is 5.41. The smallest absolute Gasteiger partial charge is 0.0594 e. The number of benzene rings is 1. The lowest BCUT2D eigenvalue weighted by Gasteiger charge is -2.26. The van der Waals surface area contributed by atoms with Crippen molar-refractivity contribution in [2.45, 2.75) is 33.6 Å². The van der Waals surface area contributed by atoms with Crippen molar-refractivity contribution >= 4 is 10.9 Å². The molecule has 1 aliphatic rings.